The molecule has 13 heteroatoms. The van der Waals surface area contributed by atoms with Crippen LogP contribution < -0.4 is 48.8 Å². The third kappa shape index (κ3) is 12.3. The van der Waals surface area contributed by atoms with E-state index in [1.54, 1.807) is 33.3 Å². The van der Waals surface area contributed by atoms with Crippen molar-refractivity contribution in [1.82, 2.24) is 0 Å². The van der Waals surface area contributed by atoms with Crippen molar-refractivity contribution in [3.8, 4) is 11.5 Å². The van der Waals surface area contributed by atoms with Gasteiger partial charge in [0.1, 0.15) is 11.5 Å². The fraction of sp³-hybridized carbons (Fsp3) is 0.526. The predicted molar refractivity (Wildman–Crippen MR) is 197 cm³/mol. The predicted octanol–water partition coefficient (Wildman–Crippen LogP) is 3.61. The molecule has 0 atom stereocenters. The summed E-state index contributed by atoms with van der Waals surface area (Å²) < 4.78 is 54.7. The first-order chi connectivity index (χ1) is 23.5. The molecule has 0 bridgehead atoms. The Hall–Kier alpha value is -3.03. The first-order valence-electron chi connectivity index (χ1n) is 17.0. The van der Waals surface area contributed by atoms with E-state index in [-0.39, 0.29) is 47.0 Å². The Kier molecular flexibility index (Phi) is 16.6. The molecular weight excluding hydrogens is 683 g/mol. The van der Waals surface area contributed by atoms with Crippen LogP contribution in [0.2, 0.25) is 0 Å². The van der Waals surface area contributed by atoms with Gasteiger partial charge in [0.2, 0.25) is 0 Å². The molecule has 0 aliphatic carbocycles. The van der Waals surface area contributed by atoms with Gasteiger partial charge in [0, 0.05) is 60.6 Å². The largest absolute Gasteiger partial charge is 1.00 e. The molecule has 11 nitrogen and oxygen atoms in total. The minimum absolute atomic E-state index is 0. The van der Waals surface area contributed by atoms with Crippen molar-refractivity contribution in [3.63, 3.8) is 0 Å². The van der Waals surface area contributed by atoms with Crippen molar-refractivity contribution in [2.45, 2.75) is 85.2 Å². The minimum atomic E-state index is -4.41. The number of anilines is 2. The minimum Gasteiger partial charge on any atom is -0.748 e. The maximum absolute atomic E-state index is 11.6. The van der Waals surface area contributed by atoms with Crippen LogP contribution >= 0.6 is 0 Å². The van der Waals surface area contributed by atoms with Gasteiger partial charge in [0.15, 0.2) is 0 Å². The van der Waals surface area contributed by atoms with E-state index in [1.807, 2.05) is 39.0 Å². The topological polar surface area (TPSA) is 135 Å². The quantitative estimate of drug-likeness (QED) is 0.160. The second-order valence-electron chi connectivity index (χ2n) is 13.4. The molecule has 2 aliphatic rings. The molecule has 0 unspecified atom stereocenters. The second-order valence-corrected chi connectivity index (χ2v) is 14.8. The van der Waals surface area contributed by atoms with Gasteiger partial charge in [-0.25, -0.2) is 8.42 Å². The molecule has 2 aliphatic heterocycles. The number of nitrogens with zero attached hydrogens (tertiary/aromatic N) is 2. The van der Waals surface area contributed by atoms with Gasteiger partial charge in [-0.15, -0.1) is 0 Å². The fourth-order valence-electron chi connectivity index (χ4n) is 6.57. The number of benzene rings is 2. The molecule has 0 saturated carbocycles. The van der Waals surface area contributed by atoms with Crippen LogP contribution in [0.15, 0.2) is 48.6 Å². The summed E-state index contributed by atoms with van der Waals surface area (Å²) in [7, 11) is -1.17. The number of rotatable bonds is 14. The first kappa shape index (κ1) is 44.1. The van der Waals surface area contributed by atoms with Crippen molar-refractivity contribution in [2.75, 3.05) is 56.1 Å². The molecule has 0 fully saturated rings. The molecule has 4 rings (SSSR count). The molecule has 2 aromatic carbocycles. The van der Waals surface area contributed by atoms with E-state index in [2.05, 4.69) is 48.8 Å². The van der Waals surface area contributed by atoms with Crippen LogP contribution in [0, 0.1) is 0 Å². The Bertz CT molecular complexity index is 1690. The van der Waals surface area contributed by atoms with E-state index < -0.39 is 21.4 Å². The van der Waals surface area contributed by atoms with Crippen LogP contribution in [0.3, 0.4) is 0 Å². The summed E-state index contributed by atoms with van der Waals surface area (Å²) in [5.41, 5.74) is 4.98. The van der Waals surface area contributed by atoms with Crippen LogP contribution in [-0.2, 0) is 29.2 Å². The molecule has 0 N–H and O–H groups in total. The number of hydrogen-bond acceptors (Lipinski definition) is 11. The van der Waals surface area contributed by atoms with Gasteiger partial charge in [0.05, 0.1) is 54.4 Å². The molecule has 2 aromatic rings. The van der Waals surface area contributed by atoms with Gasteiger partial charge >= 0.3 is 41.5 Å². The van der Waals surface area contributed by atoms with Gasteiger partial charge in [-0.2, -0.15) is 0 Å². The van der Waals surface area contributed by atoms with Gasteiger partial charge < -0.3 is 33.3 Å². The van der Waals surface area contributed by atoms with Gasteiger partial charge in [-0.05, 0) is 96.7 Å². The first-order valence-corrected chi connectivity index (χ1v) is 18.6. The molecule has 0 radical (unpaired) electrons. The standard InChI is InChI=1S/C19H27NO6S.C19H27NO3.Na/c1-5-26-18(21)7-6-10-20-17-11-15(25-4)8-9-16(17)14(12-19(20,2)3)13-27(22,23)24;1-6-23-18(21)8-7-11-20-17-12-15(22-5)9-10-16(17)14(2)13-19(20,3)4;/h8-9,11-12H,5-7,10,13H2,1-4H3,(H,22,23,24);9-10,12-13H,6-8,11H2,1-5H3;/q;;+1/p-1. The monoisotopic (exact) mass is 736 g/mol. The van der Waals surface area contributed by atoms with Crippen LogP contribution in [0.4, 0.5) is 11.4 Å². The van der Waals surface area contributed by atoms with Crippen LogP contribution in [0.5, 0.6) is 11.5 Å². The van der Waals surface area contributed by atoms with E-state index >= 15 is 0 Å². The zero-order valence-electron chi connectivity index (χ0n) is 32.0. The van der Waals surface area contributed by atoms with E-state index in [0.717, 1.165) is 24.4 Å². The van der Waals surface area contributed by atoms with Crippen molar-refractivity contribution in [1.29, 1.82) is 0 Å². The SMILES string of the molecule is CCOC(=O)CCCN1c2cc(OC)ccc2C(C)=CC1(C)C.CCOC(=O)CCCN1c2cc(OC)ccc2C(CS(=O)(=O)[O-])=CC1(C)C.[Na+]. The van der Waals surface area contributed by atoms with Crippen molar-refractivity contribution in [3.05, 3.63) is 59.7 Å². The molecule has 276 valence electrons. The van der Waals surface area contributed by atoms with Gasteiger partial charge in [0.25, 0.3) is 0 Å². The summed E-state index contributed by atoms with van der Waals surface area (Å²) in [6.45, 7) is 16.2. The number of carbonyl (C=O) groups excluding carboxylic acids is 2. The molecule has 0 amide bonds. The molecule has 0 aromatic heterocycles. The molecule has 0 spiro atoms. The zero-order valence-corrected chi connectivity index (χ0v) is 34.8. The van der Waals surface area contributed by atoms with E-state index in [4.69, 9.17) is 18.9 Å². The Balaban J connectivity index is 0.000000351. The maximum atomic E-state index is 11.6. The Labute approximate surface area is 326 Å². The molecule has 2 heterocycles. The van der Waals surface area contributed by atoms with E-state index in [0.29, 0.717) is 55.9 Å². The van der Waals surface area contributed by atoms with Crippen molar-refractivity contribution in [2.24, 2.45) is 0 Å². The second kappa shape index (κ2) is 19.2. The summed E-state index contributed by atoms with van der Waals surface area (Å²) in [5.74, 6) is 0.550. The van der Waals surface area contributed by atoms with Crippen LogP contribution in [-0.4, -0.2) is 82.3 Å². The maximum Gasteiger partial charge on any atom is 1.00 e. The number of carbonyl (C=O) groups is 2. The third-order valence-electron chi connectivity index (χ3n) is 8.72. The Morgan fingerprint density at radius 2 is 1.18 bits per heavy atom. The van der Waals surface area contributed by atoms with Gasteiger partial charge in [-0.1, -0.05) is 12.2 Å². The number of hydrogen-bond donors (Lipinski definition) is 0. The van der Waals surface area contributed by atoms with Crippen molar-refractivity contribution >= 4 is 44.6 Å². The Morgan fingerprint density at radius 3 is 1.61 bits per heavy atom. The number of allylic oxidation sites excluding steroid dienone is 1. The summed E-state index contributed by atoms with van der Waals surface area (Å²) in [4.78, 5) is 27.6. The molecular formula is C38H53N2NaO9S. The third-order valence-corrected chi connectivity index (χ3v) is 9.38. The van der Waals surface area contributed by atoms with Crippen LogP contribution in [0.1, 0.15) is 85.3 Å². The van der Waals surface area contributed by atoms with Gasteiger partial charge in [-0.3, -0.25) is 9.59 Å². The number of ether oxygens (including phenoxy) is 4. The van der Waals surface area contributed by atoms with E-state index in [9.17, 15) is 22.6 Å². The summed E-state index contributed by atoms with van der Waals surface area (Å²) in [6.07, 6.45) is 6.19. The summed E-state index contributed by atoms with van der Waals surface area (Å²) in [6, 6.07) is 11.5. The average Bonchev–Trinajstić information content (AvgIpc) is 3.02. The molecule has 0 saturated heterocycles. The fourth-order valence-corrected chi connectivity index (χ4v) is 7.19. The summed E-state index contributed by atoms with van der Waals surface area (Å²) >= 11 is 0. The molecule has 51 heavy (non-hydrogen) atoms. The normalized spacial score (nSPS) is 15.4. The van der Waals surface area contributed by atoms with E-state index in [1.165, 1.54) is 16.8 Å². The number of esters is 2. The van der Waals surface area contributed by atoms with Crippen LogP contribution in [0.25, 0.3) is 11.1 Å². The number of fused-ring (bicyclic) bond motifs is 2. The van der Waals surface area contributed by atoms with Crippen molar-refractivity contribution < 1.29 is 71.1 Å². The zero-order chi connectivity index (χ0) is 37.3. The smallest absolute Gasteiger partial charge is 0.748 e. The summed E-state index contributed by atoms with van der Waals surface area (Å²) in [5, 5.41) is 0. The number of methoxy groups -OCH3 is 2. The average molecular weight is 737 g/mol. The Morgan fingerprint density at radius 1 is 0.745 bits per heavy atom.